The van der Waals surface area contributed by atoms with E-state index in [4.69, 9.17) is 14.2 Å². The Bertz CT molecular complexity index is 850. The molecule has 0 saturated heterocycles. The van der Waals surface area contributed by atoms with Gasteiger partial charge in [0.05, 0.1) is 24.8 Å². The van der Waals surface area contributed by atoms with Crippen molar-refractivity contribution in [2.24, 2.45) is 0 Å². The number of methoxy groups -OCH3 is 2. The monoisotopic (exact) mass is 372 g/mol. The van der Waals surface area contributed by atoms with Crippen LogP contribution in [0.3, 0.4) is 0 Å². The highest BCUT2D eigenvalue weighted by molar-refractivity contribution is 5.93. The van der Waals surface area contributed by atoms with E-state index in [0.717, 1.165) is 0 Å². The Morgan fingerprint density at radius 2 is 1.93 bits per heavy atom. The van der Waals surface area contributed by atoms with Crippen LogP contribution >= 0.6 is 0 Å². The maximum Gasteiger partial charge on any atom is 0.269 e. The van der Waals surface area contributed by atoms with Crippen LogP contribution in [0.25, 0.3) is 0 Å². The van der Waals surface area contributed by atoms with Crippen molar-refractivity contribution >= 4 is 17.3 Å². The topological polar surface area (TPSA) is 99.9 Å². The minimum absolute atomic E-state index is 0.0511. The number of nitrogens with zero attached hydrogens (tertiary/aromatic N) is 1. The lowest BCUT2D eigenvalue weighted by Gasteiger charge is -2.13. The smallest absolute Gasteiger partial charge is 0.269 e. The Hall–Kier alpha value is -3.55. The van der Waals surface area contributed by atoms with Gasteiger partial charge in [-0.05, 0) is 24.6 Å². The van der Waals surface area contributed by atoms with E-state index >= 15 is 0 Å². The van der Waals surface area contributed by atoms with Crippen molar-refractivity contribution in [2.45, 2.75) is 6.42 Å². The van der Waals surface area contributed by atoms with Crippen molar-refractivity contribution in [1.29, 1.82) is 0 Å². The zero-order valence-corrected chi connectivity index (χ0v) is 15.1. The lowest BCUT2D eigenvalue weighted by molar-refractivity contribution is -0.384. The number of carbonyl (C=O) groups excluding carboxylic acids is 1. The highest BCUT2D eigenvalue weighted by Crippen LogP contribution is 2.29. The van der Waals surface area contributed by atoms with Crippen LogP contribution in [0, 0.1) is 10.1 Å². The van der Waals surface area contributed by atoms with Crippen molar-refractivity contribution in [1.82, 2.24) is 0 Å². The molecule has 1 N–H and O–H groups in total. The van der Waals surface area contributed by atoms with E-state index in [9.17, 15) is 14.9 Å². The molecule has 0 fully saturated rings. The number of ether oxygens (including phenoxy) is 3. The minimum atomic E-state index is -0.488. The normalized spacial score (nSPS) is 10.0. The summed E-state index contributed by atoms with van der Waals surface area (Å²) >= 11 is 0. The largest absolute Gasteiger partial charge is 0.497 e. The van der Waals surface area contributed by atoms with Crippen molar-refractivity contribution in [2.75, 3.05) is 26.1 Å². The summed E-state index contributed by atoms with van der Waals surface area (Å²) in [7, 11) is 3.01. The third-order valence-electron chi connectivity index (χ3n) is 3.66. The summed E-state index contributed by atoms with van der Waals surface area (Å²) in [5.74, 6) is 1.01. The predicted molar refractivity (Wildman–Crippen MR) is 101 cm³/mol. The third-order valence-corrected chi connectivity index (χ3v) is 3.66. The van der Waals surface area contributed by atoms with Gasteiger partial charge in [0.15, 0.2) is 6.61 Å². The molecule has 0 heterocycles. The quantitative estimate of drug-likeness (QED) is 0.412. The third kappa shape index (κ3) is 5.21. The van der Waals surface area contributed by atoms with E-state index in [1.165, 1.54) is 32.4 Å². The molecule has 0 saturated carbocycles. The number of hydrogen-bond acceptors (Lipinski definition) is 6. The lowest BCUT2D eigenvalue weighted by atomic mass is 10.1. The van der Waals surface area contributed by atoms with Gasteiger partial charge in [-0.3, -0.25) is 14.9 Å². The number of allylic oxidation sites excluding steroid dienone is 1. The summed E-state index contributed by atoms with van der Waals surface area (Å²) in [6.07, 6.45) is 1.98. The second-order valence-electron chi connectivity index (χ2n) is 5.45. The van der Waals surface area contributed by atoms with Crippen LogP contribution < -0.4 is 19.5 Å². The number of carbonyl (C=O) groups is 1. The molecule has 0 spiro atoms. The highest BCUT2D eigenvalue weighted by Gasteiger charge is 2.14. The summed E-state index contributed by atoms with van der Waals surface area (Å²) in [6.45, 7) is 3.35. The SMILES string of the molecule is C=CCc1cc([N+](=O)[O-])ccc1OCC(=O)Nc1cc(OC)ccc1OC. The molecular formula is C19H20N2O6. The fraction of sp³-hybridized carbons (Fsp3) is 0.211. The van der Waals surface area contributed by atoms with Gasteiger partial charge in [-0.2, -0.15) is 0 Å². The Balaban J connectivity index is 2.09. The van der Waals surface area contributed by atoms with Crippen LogP contribution in [0.15, 0.2) is 49.1 Å². The number of nitro benzene ring substituents is 1. The summed E-state index contributed by atoms with van der Waals surface area (Å²) in [6, 6.07) is 9.21. The van der Waals surface area contributed by atoms with Crippen LogP contribution in [-0.4, -0.2) is 31.7 Å². The Morgan fingerprint density at radius 3 is 2.56 bits per heavy atom. The lowest BCUT2D eigenvalue weighted by Crippen LogP contribution is -2.21. The summed E-state index contributed by atoms with van der Waals surface area (Å²) in [4.78, 5) is 22.7. The van der Waals surface area contributed by atoms with Gasteiger partial charge in [0, 0.05) is 23.8 Å². The molecule has 2 aromatic rings. The molecule has 0 bridgehead atoms. The van der Waals surface area contributed by atoms with Gasteiger partial charge in [-0.15, -0.1) is 6.58 Å². The zero-order valence-electron chi connectivity index (χ0n) is 15.1. The van der Waals surface area contributed by atoms with Crippen LogP contribution in [0.1, 0.15) is 5.56 Å². The molecule has 0 aromatic heterocycles. The zero-order chi connectivity index (χ0) is 19.8. The molecule has 0 aliphatic heterocycles. The number of nitrogens with one attached hydrogen (secondary N) is 1. The first kappa shape index (κ1) is 19.8. The molecule has 0 radical (unpaired) electrons. The number of benzene rings is 2. The number of nitro groups is 1. The second-order valence-corrected chi connectivity index (χ2v) is 5.45. The molecule has 1 amide bonds. The predicted octanol–water partition coefficient (Wildman–Crippen LogP) is 3.36. The number of amides is 1. The van der Waals surface area contributed by atoms with Gasteiger partial charge in [0.2, 0.25) is 0 Å². The fourth-order valence-corrected chi connectivity index (χ4v) is 2.38. The molecular weight excluding hydrogens is 352 g/mol. The van der Waals surface area contributed by atoms with E-state index in [2.05, 4.69) is 11.9 Å². The first-order valence-corrected chi connectivity index (χ1v) is 8.01. The van der Waals surface area contributed by atoms with E-state index in [0.29, 0.717) is 34.9 Å². The van der Waals surface area contributed by atoms with Gasteiger partial charge in [0.25, 0.3) is 11.6 Å². The Morgan fingerprint density at radius 1 is 1.19 bits per heavy atom. The Kier molecular flexibility index (Phi) is 6.76. The van der Waals surface area contributed by atoms with E-state index in [1.807, 2.05) is 0 Å². The highest BCUT2D eigenvalue weighted by atomic mass is 16.6. The molecule has 27 heavy (non-hydrogen) atoms. The van der Waals surface area contributed by atoms with Gasteiger partial charge in [-0.25, -0.2) is 0 Å². The molecule has 0 aliphatic rings. The van der Waals surface area contributed by atoms with Gasteiger partial charge < -0.3 is 19.5 Å². The van der Waals surface area contributed by atoms with Crippen LogP contribution in [0.4, 0.5) is 11.4 Å². The maximum absolute atomic E-state index is 12.2. The average Bonchev–Trinajstić information content (AvgIpc) is 2.67. The van der Waals surface area contributed by atoms with E-state index in [-0.39, 0.29) is 12.3 Å². The number of non-ortho nitro benzene ring substituents is 1. The number of anilines is 1. The molecule has 2 aromatic carbocycles. The summed E-state index contributed by atoms with van der Waals surface area (Å²) in [5, 5.41) is 13.6. The van der Waals surface area contributed by atoms with Crippen LogP contribution in [-0.2, 0) is 11.2 Å². The van der Waals surface area contributed by atoms with Crippen LogP contribution in [0.5, 0.6) is 17.2 Å². The second kappa shape index (κ2) is 9.23. The molecule has 142 valence electrons. The Labute approximate surface area is 156 Å². The number of hydrogen-bond donors (Lipinski definition) is 1. The maximum atomic E-state index is 12.2. The van der Waals surface area contributed by atoms with Crippen molar-refractivity contribution in [3.8, 4) is 17.2 Å². The first-order chi connectivity index (χ1) is 13.0. The fourth-order valence-electron chi connectivity index (χ4n) is 2.38. The molecule has 8 nitrogen and oxygen atoms in total. The van der Waals surface area contributed by atoms with E-state index in [1.54, 1.807) is 24.3 Å². The van der Waals surface area contributed by atoms with Crippen molar-refractivity contribution in [3.63, 3.8) is 0 Å². The molecule has 8 heteroatoms. The van der Waals surface area contributed by atoms with Crippen LogP contribution in [0.2, 0.25) is 0 Å². The standard InChI is InChI=1S/C19H20N2O6/c1-4-5-13-10-14(21(23)24)6-8-17(13)27-12-19(22)20-16-11-15(25-2)7-9-18(16)26-3/h4,6-11H,1,5,12H2,2-3H3,(H,20,22). The van der Waals surface area contributed by atoms with Crippen molar-refractivity contribution in [3.05, 3.63) is 64.7 Å². The number of rotatable bonds is 9. The molecule has 0 aliphatic carbocycles. The molecule has 0 unspecified atom stereocenters. The summed E-state index contributed by atoms with van der Waals surface area (Å²) < 4.78 is 15.9. The van der Waals surface area contributed by atoms with Gasteiger partial charge >= 0.3 is 0 Å². The van der Waals surface area contributed by atoms with Crippen molar-refractivity contribution < 1.29 is 23.9 Å². The van der Waals surface area contributed by atoms with Gasteiger partial charge in [0.1, 0.15) is 17.2 Å². The average molecular weight is 372 g/mol. The summed E-state index contributed by atoms with van der Waals surface area (Å²) in [5.41, 5.74) is 0.969. The molecule has 0 atom stereocenters. The van der Waals surface area contributed by atoms with Gasteiger partial charge in [-0.1, -0.05) is 6.08 Å². The molecule has 2 rings (SSSR count). The minimum Gasteiger partial charge on any atom is -0.497 e. The first-order valence-electron chi connectivity index (χ1n) is 8.01. The van der Waals surface area contributed by atoms with E-state index < -0.39 is 10.8 Å².